The van der Waals surface area contributed by atoms with Crippen molar-refractivity contribution >= 4 is 29.9 Å². The second-order valence-corrected chi connectivity index (χ2v) is 7.14. The van der Waals surface area contributed by atoms with E-state index in [4.69, 9.17) is 14.5 Å². The molecule has 28 heavy (non-hydrogen) atoms. The Hall–Kier alpha value is -0.980. The molecule has 1 unspecified atom stereocenters. The number of morpholine rings is 1. The minimum absolute atomic E-state index is 0. The first kappa shape index (κ1) is 23.3. The van der Waals surface area contributed by atoms with Crippen molar-refractivity contribution in [1.82, 2.24) is 30.3 Å². The average molecular weight is 507 g/mol. The van der Waals surface area contributed by atoms with Crippen LogP contribution >= 0.6 is 24.0 Å². The van der Waals surface area contributed by atoms with Crippen LogP contribution in [0.1, 0.15) is 30.9 Å². The zero-order chi connectivity index (χ0) is 18.9. The highest BCUT2D eigenvalue weighted by atomic mass is 127. The van der Waals surface area contributed by atoms with Crippen molar-refractivity contribution in [3.05, 3.63) is 11.6 Å². The molecule has 0 amide bonds. The van der Waals surface area contributed by atoms with E-state index in [1.165, 1.54) is 0 Å². The molecular weight excluding hydrogens is 473 g/mol. The number of nitrogens with zero attached hydrogens (tertiary/aromatic N) is 5. The summed E-state index contributed by atoms with van der Waals surface area (Å²) in [5.74, 6) is 2.57. The molecule has 3 heterocycles. The van der Waals surface area contributed by atoms with Crippen molar-refractivity contribution in [2.24, 2.45) is 12.0 Å². The Morgan fingerprint density at radius 2 is 2.04 bits per heavy atom. The van der Waals surface area contributed by atoms with Gasteiger partial charge in [-0.1, -0.05) is 0 Å². The van der Waals surface area contributed by atoms with Gasteiger partial charge in [0.2, 0.25) is 0 Å². The highest BCUT2D eigenvalue weighted by molar-refractivity contribution is 14.0. The summed E-state index contributed by atoms with van der Waals surface area (Å²) >= 11 is 0. The van der Waals surface area contributed by atoms with Crippen molar-refractivity contribution in [1.29, 1.82) is 0 Å². The van der Waals surface area contributed by atoms with Gasteiger partial charge in [0, 0.05) is 39.8 Å². The summed E-state index contributed by atoms with van der Waals surface area (Å²) in [4.78, 5) is 7.14. The Morgan fingerprint density at radius 1 is 1.21 bits per heavy atom. The summed E-state index contributed by atoms with van der Waals surface area (Å²) in [7, 11) is 1.97. The molecule has 3 rings (SSSR count). The Balaban J connectivity index is 0.00000280. The molecule has 0 radical (unpaired) electrons. The van der Waals surface area contributed by atoms with E-state index in [2.05, 4.69) is 25.7 Å². The van der Waals surface area contributed by atoms with Gasteiger partial charge in [0.15, 0.2) is 11.8 Å². The number of hydrogen-bond acceptors (Lipinski definition) is 6. The van der Waals surface area contributed by atoms with Gasteiger partial charge in [0.1, 0.15) is 12.4 Å². The first-order valence-electron chi connectivity index (χ1n) is 10.0. The molecule has 0 spiro atoms. The first-order valence-corrected chi connectivity index (χ1v) is 10.0. The minimum Gasteiger partial charge on any atom is -0.379 e. The van der Waals surface area contributed by atoms with Gasteiger partial charge in [0.25, 0.3) is 0 Å². The summed E-state index contributed by atoms with van der Waals surface area (Å²) < 4.78 is 13.1. The third-order valence-electron chi connectivity index (χ3n) is 5.13. The lowest BCUT2D eigenvalue weighted by Gasteiger charge is -2.26. The van der Waals surface area contributed by atoms with Crippen LogP contribution < -0.4 is 10.6 Å². The molecule has 0 aromatic carbocycles. The summed E-state index contributed by atoms with van der Waals surface area (Å²) in [5, 5.41) is 15.2. The molecule has 1 aromatic rings. The molecule has 1 aromatic heterocycles. The van der Waals surface area contributed by atoms with Gasteiger partial charge in [0.05, 0.1) is 19.3 Å². The maximum absolute atomic E-state index is 5.70. The van der Waals surface area contributed by atoms with Crippen molar-refractivity contribution in [3.8, 4) is 0 Å². The van der Waals surface area contributed by atoms with Crippen LogP contribution in [-0.4, -0.2) is 84.3 Å². The van der Waals surface area contributed by atoms with Crippen LogP contribution in [0.2, 0.25) is 0 Å². The summed E-state index contributed by atoms with van der Waals surface area (Å²) in [5.41, 5.74) is 0. The Morgan fingerprint density at radius 3 is 2.71 bits per heavy atom. The van der Waals surface area contributed by atoms with Gasteiger partial charge >= 0.3 is 0 Å². The fraction of sp³-hybridized carbons (Fsp3) is 0.833. The van der Waals surface area contributed by atoms with Crippen molar-refractivity contribution in [2.45, 2.75) is 38.8 Å². The second-order valence-electron chi connectivity index (χ2n) is 7.14. The molecule has 2 aliphatic heterocycles. The second kappa shape index (κ2) is 12.6. The lowest BCUT2D eigenvalue weighted by atomic mass is 10.2. The lowest BCUT2D eigenvalue weighted by Crippen LogP contribution is -2.43. The maximum Gasteiger partial charge on any atom is 0.191 e. The van der Waals surface area contributed by atoms with Gasteiger partial charge in [-0.15, -0.1) is 34.2 Å². The monoisotopic (exact) mass is 507 g/mol. The molecule has 0 saturated carbocycles. The zero-order valence-corrected chi connectivity index (χ0v) is 19.4. The molecule has 2 N–H and O–H groups in total. The molecular formula is C18H34IN7O2. The molecule has 9 nitrogen and oxygen atoms in total. The van der Waals surface area contributed by atoms with Crippen LogP contribution in [0.5, 0.6) is 0 Å². The smallest absolute Gasteiger partial charge is 0.191 e. The topological polar surface area (TPSA) is 88.8 Å². The summed E-state index contributed by atoms with van der Waals surface area (Å²) in [6.07, 6.45) is 3.61. The van der Waals surface area contributed by atoms with E-state index in [-0.39, 0.29) is 30.1 Å². The van der Waals surface area contributed by atoms with Crippen LogP contribution in [-0.2, 0) is 23.1 Å². The third-order valence-corrected chi connectivity index (χ3v) is 5.13. The number of guanidine groups is 1. The number of aliphatic imine (C=N–C) groups is 1. The number of rotatable bonds is 8. The number of halogens is 1. The average Bonchev–Trinajstić information content (AvgIpc) is 3.32. The van der Waals surface area contributed by atoms with Crippen molar-refractivity contribution < 1.29 is 9.47 Å². The maximum atomic E-state index is 5.70. The van der Waals surface area contributed by atoms with E-state index in [0.29, 0.717) is 6.54 Å². The molecule has 2 saturated heterocycles. The largest absolute Gasteiger partial charge is 0.379 e. The van der Waals surface area contributed by atoms with Gasteiger partial charge in [-0.05, 0) is 32.7 Å². The highest BCUT2D eigenvalue weighted by Gasteiger charge is 2.16. The lowest BCUT2D eigenvalue weighted by molar-refractivity contribution is 0.0376. The molecule has 1 atom stereocenters. The number of aromatic nitrogens is 3. The summed E-state index contributed by atoms with van der Waals surface area (Å²) in [6.45, 7) is 9.82. The van der Waals surface area contributed by atoms with E-state index in [1.54, 1.807) is 0 Å². The van der Waals surface area contributed by atoms with E-state index in [0.717, 1.165) is 89.4 Å². The predicted molar refractivity (Wildman–Crippen MR) is 119 cm³/mol. The zero-order valence-electron chi connectivity index (χ0n) is 17.0. The fourth-order valence-electron chi connectivity index (χ4n) is 3.26. The van der Waals surface area contributed by atoms with Crippen LogP contribution in [0.3, 0.4) is 0 Å². The Labute approximate surface area is 184 Å². The predicted octanol–water partition coefficient (Wildman–Crippen LogP) is 0.678. The molecule has 0 bridgehead atoms. The fourth-order valence-corrected chi connectivity index (χ4v) is 3.26. The quantitative estimate of drug-likeness (QED) is 0.232. The number of ether oxygens (including phenoxy) is 2. The van der Waals surface area contributed by atoms with E-state index < -0.39 is 0 Å². The van der Waals surface area contributed by atoms with Gasteiger partial charge in [-0.2, -0.15) is 0 Å². The molecule has 2 fully saturated rings. The van der Waals surface area contributed by atoms with Gasteiger partial charge in [-0.3, -0.25) is 4.90 Å². The van der Waals surface area contributed by atoms with E-state index in [1.807, 2.05) is 18.5 Å². The standard InChI is InChI=1S/C18H33N7O2.HI/c1-15-22-23-17(24(15)2)14-21-18(20-13-16-5-3-10-27-16)19-6-4-7-25-8-11-26-12-9-25;/h16H,3-14H2,1-2H3,(H2,19,20,21);1H. The first-order chi connectivity index (χ1) is 13.2. The van der Waals surface area contributed by atoms with Crippen molar-refractivity contribution in [3.63, 3.8) is 0 Å². The van der Waals surface area contributed by atoms with Gasteiger partial charge < -0.3 is 24.7 Å². The number of nitrogens with one attached hydrogen (secondary N) is 2. The van der Waals surface area contributed by atoms with Crippen LogP contribution in [0.4, 0.5) is 0 Å². The van der Waals surface area contributed by atoms with Gasteiger partial charge in [-0.25, -0.2) is 4.99 Å². The number of hydrogen-bond donors (Lipinski definition) is 2. The Bertz CT molecular complexity index is 599. The number of aryl methyl sites for hydroxylation is 1. The molecule has 0 aliphatic carbocycles. The SMILES string of the molecule is Cc1nnc(CN=C(NCCCN2CCOCC2)NCC2CCCO2)n1C.I. The van der Waals surface area contributed by atoms with Crippen molar-refractivity contribution in [2.75, 3.05) is 52.5 Å². The molecule has 2 aliphatic rings. The van der Waals surface area contributed by atoms with Crippen LogP contribution in [0, 0.1) is 6.92 Å². The van der Waals surface area contributed by atoms with E-state index in [9.17, 15) is 0 Å². The molecule has 10 heteroatoms. The van der Waals surface area contributed by atoms with E-state index >= 15 is 0 Å². The minimum atomic E-state index is 0. The highest BCUT2D eigenvalue weighted by Crippen LogP contribution is 2.10. The van der Waals surface area contributed by atoms with Crippen LogP contribution in [0.15, 0.2) is 4.99 Å². The third kappa shape index (κ3) is 7.45. The Kier molecular flexibility index (Phi) is 10.4. The van der Waals surface area contributed by atoms with Crippen LogP contribution in [0.25, 0.3) is 0 Å². The normalized spacial score (nSPS) is 20.8. The summed E-state index contributed by atoms with van der Waals surface area (Å²) in [6, 6.07) is 0. The molecule has 160 valence electrons.